The second-order valence-electron chi connectivity index (χ2n) is 6.66. The number of carbonyl (C=O) groups is 1. The van der Waals surface area contributed by atoms with Crippen molar-refractivity contribution in [3.8, 4) is 0 Å². The summed E-state index contributed by atoms with van der Waals surface area (Å²) in [6.07, 6.45) is 9.52. The van der Waals surface area contributed by atoms with E-state index in [4.69, 9.17) is 0 Å². The van der Waals surface area contributed by atoms with Gasteiger partial charge in [-0.25, -0.2) is 4.79 Å². The van der Waals surface area contributed by atoms with Crippen LogP contribution in [0.15, 0.2) is 36.9 Å². The van der Waals surface area contributed by atoms with Crippen LogP contribution in [0.5, 0.6) is 0 Å². The van der Waals surface area contributed by atoms with Crippen molar-refractivity contribution >= 4 is 11.7 Å². The van der Waals surface area contributed by atoms with Crippen molar-refractivity contribution in [2.24, 2.45) is 13.0 Å². The molecule has 2 aromatic heterocycles. The van der Waals surface area contributed by atoms with Gasteiger partial charge in [0.2, 0.25) is 0 Å². The summed E-state index contributed by atoms with van der Waals surface area (Å²) >= 11 is 0. The van der Waals surface area contributed by atoms with Gasteiger partial charge in [-0.05, 0) is 37.8 Å². The minimum Gasteiger partial charge on any atom is -0.371 e. The monoisotopic (exact) mass is 342 g/mol. The van der Waals surface area contributed by atoms with Crippen LogP contribution in [0.4, 0.5) is 10.5 Å². The molecule has 7 nitrogen and oxygen atoms in total. The van der Waals surface area contributed by atoms with E-state index < -0.39 is 0 Å². The molecule has 2 aromatic rings. The molecule has 0 radical (unpaired) electrons. The fourth-order valence-corrected chi connectivity index (χ4v) is 3.18. The Labute approximate surface area is 148 Å². The molecule has 134 valence electrons. The first kappa shape index (κ1) is 17.3. The lowest BCUT2D eigenvalue weighted by atomic mass is 9.96. The standard InChI is InChI=1S/C18H26N6O/c1-14(16-12-21-23(2)13-16)22-18(25)20-11-15-5-9-24(10-6-15)17-3-7-19-8-4-17/h3-4,7-8,12-15H,5-6,9-11H2,1-2H3,(H2,20,22,25)/t14-/m0/s1. The molecule has 7 heteroatoms. The lowest BCUT2D eigenvalue weighted by Gasteiger charge is -2.33. The third-order valence-electron chi connectivity index (χ3n) is 4.77. The van der Waals surface area contributed by atoms with Gasteiger partial charge < -0.3 is 15.5 Å². The molecule has 25 heavy (non-hydrogen) atoms. The van der Waals surface area contributed by atoms with Gasteiger partial charge in [0.15, 0.2) is 0 Å². The van der Waals surface area contributed by atoms with E-state index in [2.05, 4.69) is 25.6 Å². The molecule has 0 aliphatic carbocycles. The molecule has 0 bridgehead atoms. The zero-order chi connectivity index (χ0) is 17.6. The van der Waals surface area contributed by atoms with E-state index in [1.54, 1.807) is 10.9 Å². The average Bonchev–Trinajstić information content (AvgIpc) is 3.08. The van der Waals surface area contributed by atoms with Crippen LogP contribution in [0.2, 0.25) is 0 Å². The van der Waals surface area contributed by atoms with Gasteiger partial charge in [0, 0.05) is 56.5 Å². The number of hydrogen-bond donors (Lipinski definition) is 2. The van der Waals surface area contributed by atoms with Crippen molar-refractivity contribution < 1.29 is 4.79 Å². The van der Waals surface area contributed by atoms with Crippen LogP contribution < -0.4 is 15.5 Å². The van der Waals surface area contributed by atoms with Gasteiger partial charge in [0.05, 0.1) is 12.2 Å². The molecule has 2 N–H and O–H groups in total. The summed E-state index contributed by atoms with van der Waals surface area (Å²) in [5, 5.41) is 10.1. The highest BCUT2D eigenvalue weighted by Crippen LogP contribution is 2.22. The maximum absolute atomic E-state index is 12.1. The molecule has 1 aliphatic rings. The van der Waals surface area contributed by atoms with Gasteiger partial charge in [-0.2, -0.15) is 5.10 Å². The van der Waals surface area contributed by atoms with Crippen molar-refractivity contribution in [2.45, 2.75) is 25.8 Å². The Hall–Kier alpha value is -2.57. The number of rotatable bonds is 5. The molecular weight excluding hydrogens is 316 g/mol. The molecule has 0 spiro atoms. The lowest BCUT2D eigenvalue weighted by molar-refractivity contribution is 0.234. The van der Waals surface area contributed by atoms with Crippen LogP contribution in [0, 0.1) is 5.92 Å². The smallest absolute Gasteiger partial charge is 0.315 e. The third kappa shape index (κ3) is 4.71. The maximum atomic E-state index is 12.1. The SMILES string of the molecule is C[C@H](NC(=O)NCC1CCN(c2ccncc2)CC1)c1cnn(C)c1. The molecule has 0 saturated carbocycles. The largest absolute Gasteiger partial charge is 0.371 e. The molecule has 0 aromatic carbocycles. The number of nitrogens with one attached hydrogen (secondary N) is 2. The molecule has 1 saturated heterocycles. The van der Waals surface area contributed by atoms with E-state index in [1.165, 1.54) is 5.69 Å². The van der Waals surface area contributed by atoms with Crippen LogP contribution in [0.3, 0.4) is 0 Å². The minimum atomic E-state index is -0.118. The van der Waals surface area contributed by atoms with E-state index in [0.717, 1.165) is 38.0 Å². The zero-order valence-electron chi connectivity index (χ0n) is 14.9. The summed E-state index contributed by atoms with van der Waals surface area (Å²) in [7, 11) is 1.87. The number of anilines is 1. The molecule has 1 aliphatic heterocycles. The van der Waals surface area contributed by atoms with Gasteiger partial charge in [0.1, 0.15) is 0 Å². The number of piperidine rings is 1. The van der Waals surface area contributed by atoms with Gasteiger partial charge >= 0.3 is 6.03 Å². The highest BCUT2D eigenvalue weighted by Gasteiger charge is 2.20. The fourth-order valence-electron chi connectivity index (χ4n) is 3.18. The predicted molar refractivity (Wildman–Crippen MR) is 97.3 cm³/mol. The Morgan fingerprint density at radius 2 is 2.04 bits per heavy atom. The number of pyridine rings is 1. The number of urea groups is 1. The second kappa shape index (κ2) is 8.00. The lowest BCUT2D eigenvalue weighted by Crippen LogP contribution is -2.42. The van der Waals surface area contributed by atoms with Crippen molar-refractivity contribution in [1.82, 2.24) is 25.4 Å². The number of aromatic nitrogens is 3. The highest BCUT2D eigenvalue weighted by atomic mass is 16.2. The zero-order valence-corrected chi connectivity index (χ0v) is 14.9. The van der Waals surface area contributed by atoms with Crippen LogP contribution in [0.25, 0.3) is 0 Å². The summed E-state index contributed by atoms with van der Waals surface area (Å²) in [5.74, 6) is 0.525. The normalized spacial score (nSPS) is 16.5. The summed E-state index contributed by atoms with van der Waals surface area (Å²) in [4.78, 5) is 18.5. The molecule has 1 fully saturated rings. The first-order valence-corrected chi connectivity index (χ1v) is 8.79. The van der Waals surface area contributed by atoms with E-state index in [-0.39, 0.29) is 12.1 Å². The van der Waals surface area contributed by atoms with Crippen molar-refractivity contribution in [3.63, 3.8) is 0 Å². The van der Waals surface area contributed by atoms with Crippen molar-refractivity contribution in [3.05, 3.63) is 42.5 Å². The van der Waals surface area contributed by atoms with E-state index in [1.807, 2.05) is 44.7 Å². The Kier molecular flexibility index (Phi) is 5.53. The number of aryl methyl sites for hydroxylation is 1. The molecular formula is C18H26N6O. The first-order valence-electron chi connectivity index (χ1n) is 8.79. The fraction of sp³-hybridized carbons (Fsp3) is 0.500. The first-order chi connectivity index (χ1) is 12.1. The number of amides is 2. The van der Waals surface area contributed by atoms with E-state index >= 15 is 0 Å². The molecule has 3 heterocycles. The Morgan fingerprint density at radius 3 is 2.68 bits per heavy atom. The summed E-state index contributed by atoms with van der Waals surface area (Å²) in [6, 6.07) is 3.92. The Morgan fingerprint density at radius 1 is 1.32 bits per heavy atom. The number of nitrogens with zero attached hydrogens (tertiary/aromatic N) is 4. The third-order valence-corrected chi connectivity index (χ3v) is 4.77. The van der Waals surface area contributed by atoms with Crippen LogP contribution >= 0.6 is 0 Å². The summed E-state index contributed by atoms with van der Waals surface area (Å²) in [5.41, 5.74) is 2.23. The van der Waals surface area contributed by atoms with Gasteiger partial charge in [-0.1, -0.05) is 0 Å². The van der Waals surface area contributed by atoms with Crippen LogP contribution in [-0.2, 0) is 7.05 Å². The molecule has 1 atom stereocenters. The maximum Gasteiger partial charge on any atom is 0.315 e. The topological polar surface area (TPSA) is 75.1 Å². The Bertz CT molecular complexity index is 678. The highest BCUT2D eigenvalue weighted by molar-refractivity contribution is 5.74. The summed E-state index contributed by atoms with van der Waals surface area (Å²) < 4.78 is 1.74. The van der Waals surface area contributed by atoms with Gasteiger partial charge in [-0.15, -0.1) is 0 Å². The van der Waals surface area contributed by atoms with Crippen LogP contribution in [0.1, 0.15) is 31.4 Å². The molecule has 2 amide bonds. The second-order valence-corrected chi connectivity index (χ2v) is 6.66. The van der Waals surface area contributed by atoms with E-state index in [9.17, 15) is 4.79 Å². The van der Waals surface area contributed by atoms with Crippen molar-refractivity contribution in [1.29, 1.82) is 0 Å². The average molecular weight is 342 g/mol. The summed E-state index contributed by atoms with van der Waals surface area (Å²) in [6.45, 7) is 4.72. The predicted octanol–water partition coefficient (Wildman–Crippen LogP) is 2.09. The quantitative estimate of drug-likeness (QED) is 0.872. The minimum absolute atomic E-state index is 0.0535. The number of hydrogen-bond acceptors (Lipinski definition) is 4. The Balaban J connectivity index is 1.38. The van der Waals surface area contributed by atoms with Crippen molar-refractivity contribution in [2.75, 3.05) is 24.5 Å². The van der Waals surface area contributed by atoms with E-state index in [0.29, 0.717) is 5.92 Å². The molecule has 0 unspecified atom stereocenters. The van der Waals surface area contributed by atoms with Gasteiger partial charge in [0.25, 0.3) is 0 Å². The number of carbonyl (C=O) groups excluding carboxylic acids is 1. The molecule has 3 rings (SSSR count). The van der Waals surface area contributed by atoms with Crippen LogP contribution in [-0.4, -0.2) is 40.4 Å². The van der Waals surface area contributed by atoms with Gasteiger partial charge in [-0.3, -0.25) is 9.67 Å².